The third-order valence-electron chi connectivity index (χ3n) is 6.51. The molecule has 5 nitrogen and oxygen atoms in total. The lowest BCUT2D eigenvalue weighted by atomic mass is 9.75. The lowest BCUT2D eigenvalue weighted by molar-refractivity contribution is -0.136. The molecular formula is C29H27ClF2N2O3. The first kappa shape index (κ1) is 26.4. The second-order valence-electron chi connectivity index (χ2n) is 9.00. The first-order chi connectivity index (χ1) is 17.8. The molecule has 4 aromatic rings. The molecule has 3 aromatic carbocycles. The smallest absolute Gasteiger partial charge is 0.305 e. The van der Waals surface area contributed by atoms with Gasteiger partial charge in [-0.2, -0.15) is 0 Å². The maximum atomic E-state index is 14.6. The van der Waals surface area contributed by atoms with E-state index in [2.05, 4.69) is 17.2 Å². The topological polar surface area (TPSA) is 82.2 Å². The van der Waals surface area contributed by atoms with E-state index in [4.69, 9.17) is 16.7 Å². The molecule has 0 saturated carbocycles. The summed E-state index contributed by atoms with van der Waals surface area (Å²) in [5.74, 6) is -3.00. The minimum Gasteiger partial charge on any atom is -0.481 e. The van der Waals surface area contributed by atoms with Crippen LogP contribution in [0.15, 0.2) is 66.9 Å². The van der Waals surface area contributed by atoms with E-state index in [1.807, 2.05) is 30.3 Å². The Bertz CT molecular complexity index is 1420. The SMILES string of the molecule is CCCC(c1ccc(C(=O)NCCC(=O)O)cc1)C(c1cccc(Cl)c1)c1c[nH]c2c(F)cc(F)cc12. The number of hydrogen-bond acceptors (Lipinski definition) is 2. The fourth-order valence-electron chi connectivity index (χ4n) is 4.87. The lowest BCUT2D eigenvalue weighted by Crippen LogP contribution is -2.26. The number of carbonyl (C=O) groups is 2. The first-order valence-corrected chi connectivity index (χ1v) is 12.5. The fraction of sp³-hybridized carbons (Fsp3) is 0.241. The molecule has 0 saturated heterocycles. The van der Waals surface area contributed by atoms with Gasteiger partial charge in [-0.05, 0) is 59.4 Å². The van der Waals surface area contributed by atoms with Crippen LogP contribution < -0.4 is 5.32 Å². The number of aliphatic carboxylic acids is 1. The molecule has 0 aliphatic heterocycles. The Balaban J connectivity index is 1.76. The highest BCUT2D eigenvalue weighted by atomic mass is 35.5. The van der Waals surface area contributed by atoms with Crippen molar-refractivity contribution in [2.24, 2.45) is 0 Å². The molecule has 0 bridgehead atoms. The Kier molecular flexibility index (Phi) is 8.24. The second kappa shape index (κ2) is 11.6. The normalized spacial score (nSPS) is 12.9. The van der Waals surface area contributed by atoms with Gasteiger partial charge in [-0.25, -0.2) is 8.78 Å². The molecule has 3 N–H and O–H groups in total. The molecule has 0 aliphatic carbocycles. The van der Waals surface area contributed by atoms with Gasteiger partial charge in [0.25, 0.3) is 5.91 Å². The van der Waals surface area contributed by atoms with E-state index in [0.29, 0.717) is 16.0 Å². The van der Waals surface area contributed by atoms with E-state index >= 15 is 0 Å². The van der Waals surface area contributed by atoms with Gasteiger partial charge in [0, 0.05) is 40.7 Å². The zero-order valence-corrected chi connectivity index (χ0v) is 21.0. The Morgan fingerprint density at radius 1 is 1.05 bits per heavy atom. The molecule has 0 fully saturated rings. The molecule has 2 atom stereocenters. The summed E-state index contributed by atoms with van der Waals surface area (Å²) in [5, 5.41) is 12.4. The summed E-state index contributed by atoms with van der Waals surface area (Å²) in [7, 11) is 0. The largest absolute Gasteiger partial charge is 0.481 e. The van der Waals surface area contributed by atoms with Crippen LogP contribution in [0.3, 0.4) is 0 Å². The van der Waals surface area contributed by atoms with Crippen molar-refractivity contribution in [2.45, 2.75) is 38.0 Å². The molecule has 192 valence electrons. The highest BCUT2D eigenvalue weighted by molar-refractivity contribution is 6.30. The number of aromatic amines is 1. The molecule has 4 rings (SSSR count). The van der Waals surface area contributed by atoms with Crippen LogP contribution in [0.4, 0.5) is 8.78 Å². The number of carbonyl (C=O) groups excluding carboxylic acids is 1. The minimum absolute atomic E-state index is 0.0406. The molecule has 1 heterocycles. The average Bonchev–Trinajstić information content (AvgIpc) is 3.27. The minimum atomic E-state index is -0.984. The molecule has 1 aromatic heterocycles. The summed E-state index contributed by atoms with van der Waals surface area (Å²) in [4.78, 5) is 26.1. The molecule has 37 heavy (non-hydrogen) atoms. The van der Waals surface area contributed by atoms with Gasteiger partial charge in [-0.15, -0.1) is 0 Å². The van der Waals surface area contributed by atoms with Gasteiger partial charge in [0.15, 0.2) is 0 Å². The van der Waals surface area contributed by atoms with Crippen LogP contribution in [0.1, 0.15) is 65.1 Å². The van der Waals surface area contributed by atoms with Gasteiger partial charge >= 0.3 is 5.97 Å². The van der Waals surface area contributed by atoms with E-state index in [1.54, 1.807) is 24.4 Å². The summed E-state index contributed by atoms with van der Waals surface area (Å²) in [6.07, 6.45) is 3.19. The molecule has 0 radical (unpaired) electrons. The number of halogens is 3. The van der Waals surface area contributed by atoms with Crippen molar-refractivity contribution in [1.29, 1.82) is 0 Å². The molecule has 1 amide bonds. The number of carboxylic acid groups (broad SMARTS) is 1. The highest BCUT2D eigenvalue weighted by Crippen LogP contribution is 2.44. The van der Waals surface area contributed by atoms with Crippen LogP contribution in [0.2, 0.25) is 5.02 Å². The molecule has 0 aliphatic rings. The van der Waals surface area contributed by atoms with E-state index in [9.17, 15) is 18.4 Å². The van der Waals surface area contributed by atoms with Crippen molar-refractivity contribution >= 4 is 34.4 Å². The zero-order valence-electron chi connectivity index (χ0n) is 20.2. The number of amides is 1. The lowest BCUT2D eigenvalue weighted by Gasteiger charge is -2.28. The molecule has 2 unspecified atom stereocenters. The van der Waals surface area contributed by atoms with E-state index in [0.717, 1.165) is 35.6 Å². The Hall–Kier alpha value is -3.71. The van der Waals surface area contributed by atoms with Crippen molar-refractivity contribution in [2.75, 3.05) is 6.54 Å². The van der Waals surface area contributed by atoms with E-state index in [1.165, 1.54) is 6.07 Å². The molecule has 8 heteroatoms. The van der Waals surface area contributed by atoms with Crippen LogP contribution in [-0.4, -0.2) is 28.5 Å². The van der Waals surface area contributed by atoms with Crippen LogP contribution >= 0.6 is 11.6 Å². The van der Waals surface area contributed by atoms with Crippen molar-refractivity contribution in [3.8, 4) is 0 Å². The summed E-state index contributed by atoms with van der Waals surface area (Å²) in [6, 6.07) is 16.8. The predicted octanol–water partition coefficient (Wildman–Crippen LogP) is 7.02. The zero-order chi connectivity index (χ0) is 26.5. The number of aromatic nitrogens is 1. The van der Waals surface area contributed by atoms with Crippen molar-refractivity contribution in [3.63, 3.8) is 0 Å². The maximum Gasteiger partial charge on any atom is 0.305 e. The predicted molar refractivity (Wildman–Crippen MR) is 140 cm³/mol. The first-order valence-electron chi connectivity index (χ1n) is 12.1. The number of rotatable bonds is 10. The third kappa shape index (κ3) is 6.00. The number of fused-ring (bicyclic) bond motifs is 1. The van der Waals surface area contributed by atoms with Crippen LogP contribution in [0.25, 0.3) is 10.9 Å². The Morgan fingerprint density at radius 3 is 2.49 bits per heavy atom. The summed E-state index contributed by atoms with van der Waals surface area (Å²) in [5.41, 5.74) is 3.28. The quantitative estimate of drug-likeness (QED) is 0.208. The van der Waals surface area contributed by atoms with Gasteiger partial charge in [0.05, 0.1) is 11.9 Å². The Morgan fingerprint density at radius 2 is 1.81 bits per heavy atom. The number of nitrogens with one attached hydrogen (secondary N) is 2. The van der Waals surface area contributed by atoms with Crippen LogP contribution in [0.5, 0.6) is 0 Å². The van der Waals surface area contributed by atoms with Crippen LogP contribution in [-0.2, 0) is 4.79 Å². The molecular weight excluding hydrogens is 498 g/mol. The standard InChI is InChI=1S/C29H27ClF2N2O3/c1-2-4-22(17-7-9-18(10-8-17)29(37)33-12-11-26(35)36)27(19-5-3-6-20(30)13-19)24-16-34-28-23(24)14-21(31)15-25(28)32/h3,5-10,13-16,22,27,34H,2,4,11-12H2,1H3,(H,33,37)(H,35,36). The average molecular weight is 525 g/mol. The Labute approximate surface area is 218 Å². The van der Waals surface area contributed by atoms with Gasteiger partial charge in [0.1, 0.15) is 11.6 Å². The summed E-state index contributed by atoms with van der Waals surface area (Å²) < 4.78 is 28.8. The summed E-state index contributed by atoms with van der Waals surface area (Å²) >= 11 is 6.35. The second-order valence-corrected chi connectivity index (χ2v) is 9.44. The van der Waals surface area contributed by atoms with Gasteiger partial charge in [0.2, 0.25) is 0 Å². The number of hydrogen-bond donors (Lipinski definition) is 3. The van der Waals surface area contributed by atoms with Crippen LogP contribution in [0, 0.1) is 11.6 Å². The van der Waals surface area contributed by atoms with Gasteiger partial charge in [-0.1, -0.05) is 49.2 Å². The maximum absolute atomic E-state index is 14.6. The van der Waals surface area contributed by atoms with Crippen molar-refractivity contribution < 1.29 is 23.5 Å². The monoisotopic (exact) mass is 524 g/mol. The third-order valence-corrected chi connectivity index (χ3v) is 6.74. The van der Waals surface area contributed by atoms with Gasteiger partial charge < -0.3 is 15.4 Å². The highest BCUT2D eigenvalue weighted by Gasteiger charge is 2.29. The molecule has 0 spiro atoms. The van der Waals surface area contributed by atoms with Crippen molar-refractivity contribution in [1.82, 2.24) is 10.3 Å². The number of carboxylic acids is 1. The van der Waals surface area contributed by atoms with Crippen molar-refractivity contribution in [3.05, 3.63) is 106 Å². The van der Waals surface area contributed by atoms with E-state index in [-0.39, 0.29) is 36.2 Å². The summed E-state index contributed by atoms with van der Waals surface area (Å²) in [6.45, 7) is 2.11. The number of H-pyrrole nitrogens is 1. The number of benzene rings is 3. The van der Waals surface area contributed by atoms with Gasteiger partial charge in [-0.3, -0.25) is 9.59 Å². The fourth-order valence-corrected chi connectivity index (χ4v) is 5.06. The van der Waals surface area contributed by atoms with E-state index < -0.39 is 17.6 Å².